The lowest BCUT2D eigenvalue weighted by molar-refractivity contribution is 0.0141. The lowest BCUT2D eigenvalue weighted by Gasteiger charge is -2.42. The van der Waals surface area contributed by atoms with Gasteiger partial charge in [0.1, 0.15) is 16.8 Å². The number of ether oxygens (including phenoxy) is 2. The first-order valence-electron chi connectivity index (χ1n) is 9.60. The predicted octanol–water partition coefficient (Wildman–Crippen LogP) is 3.09. The zero-order valence-corrected chi connectivity index (χ0v) is 15.8. The van der Waals surface area contributed by atoms with Crippen LogP contribution in [0.3, 0.4) is 0 Å². The van der Waals surface area contributed by atoms with Crippen molar-refractivity contribution in [2.75, 3.05) is 32.8 Å². The maximum atomic E-state index is 6.15. The fourth-order valence-electron chi connectivity index (χ4n) is 4.22. The van der Waals surface area contributed by atoms with Gasteiger partial charge >= 0.3 is 0 Å². The predicted molar refractivity (Wildman–Crippen MR) is 103 cm³/mol. The molecule has 2 aliphatic heterocycles. The van der Waals surface area contributed by atoms with Gasteiger partial charge in [-0.25, -0.2) is 0 Å². The van der Waals surface area contributed by atoms with Crippen LogP contribution in [0.2, 0.25) is 0 Å². The molecule has 4 rings (SSSR count). The highest BCUT2D eigenvalue weighted by molar-refractivity contribution is 7.80. The van der Waals surface area contributed by atoms with E-state index in [1.807, 2.05) is 0 Å². The van der Waals surface area contributed by atoms with Crippen molar-refractivity contribution in [2.24, 2.45) is 0 Å². The molecule has 25 heavy (non-hydrogen) atoms. The minimum absolute atomic E-state index is 0.370. The molecule has 0 radical (unpaired) electrons. The monoisotopic (exact) mass is 360 g/mol. The van der Waals surface area contributed by atoms with Crippen LogP contribution >= 0.6 is 12.2 Å². The van der Waals surface area contributed by atoms with E-state index in [1.165, 1.54) is 19.4 Å². The summed E-state index contributed by atoms with van der Waals surface area (Å²) in [6, 6.07) is 9.79. The minimum Gasteiger partial charge on any atom is -0.490 e. The van der Waals surface area contributed by atoms with Crippen molar-refractivity contribution in [1.82, 2.24) is 9.80 Å². The largest absolute Gasteiger partial charge is 0.490 e. The number of hydrogen-bond acceptors (Lipinski definition) is 4. The molecule has 1 aromatic carbocycles. The van der Waals surface area contributed by atoms with E-state index in [2.05, 4.69) is 41.0 Å². The van der Waals surface area contributed by atoms with Gasteiger partial charge in [-0.2, -0.15) is 0 Å². The number of thiocarbonyl (C=S) groups is 1. The average Bonchev–Trinajstić information content (AvgIpc) is 3.04. The first-order valence-corrected chi connectivity index (χ1v) is 10.0. The van der Waals surface area contributed by atoms with Crippen LogP contribution in [0, 0.1) is 0 Å². The van der Waals surface area contributed by atoms with E-state index in [0.29, 0.717) is 6.10 Å². The topological polar surface area (TPSA) is 24.9 Å². The van der Waals surface area contributed by atoms with E-state index >= 15 is 0 Å². The summed E-state index contributed by atoms with van der Waals surface area (Å²) in [7, 11) is 0. The zero-order chi connectivity index (χ0) is 17.2. The summed E-state index contributed by atoms with van der Waals surface area (Å²) in [5.41, 5.74) is 1.10. The molecule has 4 nitrogen and oxygen atoms in total. The van der Waals surface area contributed by atoms with Gasteiger partial charge in [0.05, 0.1) is 13.2 Å². The molecule has 0 unspecified atom stereocenters. The molecule has 2 heterocycles. The van der Waals surface area contributed by atoms with Crippen molar-refractivity contribution >= 4 is 17.2 Å². The van der Waals surface area contributed by atoms with Crippen LogP contribution < -0.4 is 4.74 Å². The van der Waals surface area contributed by atoms with Crippen molar-refractivity contribution in [3.8, 4) is 5.75 Å². The summed E-state index contributed by atoms with van der Waals surface area (Å²) in [6.07, 6.45) is 5.41. The quantitative estimate of drug-likeness (QED) is 0.769. The van der Waals surface area contributed by atoms with E-state index in [1.54, 1.807) is 0 Å². The molecule has 0 amide bonds. The molecule has 3 fully saturated rings. The number of likely N-dealkylation sites (tertiary alicyclic amines) is 1. The van der Waals surface area contributed by atoms with Gasteiger partial charge < -0.3 is 14.4 Å². The molecule has 1 aliphatic carbocycles. The van der Waals surface area contributed by atoms with Crippen molar-refractivity contribution in [3.05, 3.63) is 29.8 Å². The van der Waals surface area contributed by atoms with Gasteiger partial charge in [-0.05, 0) is 50.6 Å². The van der Waals surface area contributed by atoms with Crippen LogP contribution in [-0.4, -0.2) is 65.8 Å². The van der Waals surface area contributed by atoms with Gasteiger partial charge in [-0.15, -0.1) is 0 Å². The normalized spacial score (nSPS) is 30.1. The molecule has 0 N–H and O–H groups in total. The maximum absolute atomic E-state index is 6.15. The van der Waals surface area contributed by atoms with Crippen LogP contribution in [0.5, 0.6) is 5.75 Å². The van der Waals surface area contributed by atoms with Crippen LogP contribution in [-0.2, 0) is 4.74 Å². The Morgan fingerprint density at radius 2 is 1.84 bits per heavy atom. The second-order valence-corrected chi connectivity index (χ2v) is 7.91. The number of nitrogens with zero attached hydrogens (tertiary/aromatic N) is 2. The Morgan fingerprint density at radius 1 is 1.12 bits per heavy atom. The number of rotatable bonds is 4. The Bertz CT molecular complexity index is 594. The third-order valence-electron chi connectivity index (χ3n) is 5.85. The first kappa shape index (κ1) is 17.3. The summed E-state index contributed by atoms with van der Waals surface area (Å²) in [4.78, 5) is 5.81. The summed E-state index contributed by atoms with van der Waals surface area (Å²) in [5, 5.41) is 0. The molecule has 0 bridgehead atoms. The minimum atomic E-state index is 0.370. The van der Waals surface area contributed by atoms with Crippen molar-refractivity contribution in [1.29, 1.82) is 0 Å². The molecule has 0 aromatic heterocycles. The lowest BCUT2D eigenvalue weighted by atomic mass is 9.87. The van der Waals surface area contributed by atoms with E-state index < -0.39 is 0 Å². The van der Waals surface area contributed by atoms with Crippen molar-refractivity contribution < 1.29 is 9.47 Å². The molecule has 136 valence electrons. The van der Waals surface area contributed by atoms with E-state index in [0.717, 1.165) is 67.5 Å². The van der Waals surface area contributed by atoms with Gasteiger partial charge in [-0.1, -0.05) is 12.2 Å². The number of benzene rings is 1. The SMILES string of the molecule is C[C@H]1CCCN1[C@H]1C[C@H](Oc2ccc(C(=S)N3CCOCC3)cc2)C1. The van der Waals surface area contributed by atoms with Crippen LogP contribution in [0.4, 0.5) is 0 Å². The average molecular weight is 361 g/mol. The zero-order valence-electron chi connectivity index (χ0n) is 15.0. The van der Waals surface area contributed by atoms with Gasteiger partial charge in [0.2, 0.25) is 0 Å². The maximum Gasteiger partial charge on any atom is 0.119 e. The lowest BCUT2D eigenvalue weighted by Crippen LogP contribution is -2.50. The van der Waals surface area contributed by atoms with Crippen LogP contribution in [0.1, 0.15) is 38.2 Å². The number of hydrogen-bond donors (Lipinski definition) is 0. The van der Waals surface area contributed by atoms with Crippen molar-refractivity contribution in [2.45, 2.75) is 50.8 Å². The summed E-state index contributed by atoms with van der Waals surface area (Å²) >= 11 is 5.62. The molecule has 1 saturated carbocycles. The number of morpholine rings is 1. The van der Waals surface area contributed by atoms with Gasteiger partial charge in [-0.3, -0.25) is 4.90 Å². The van der Waals surface area contributed by atoms with E-state index in [4.69, 9.17) is 21.7 Å². The van der Waals surface area contributed by atoms with Crippen LogP contribution in [0.25, 0.3) is 0 Å². The fraction of sp³-hybridized carbons (Fsp3) is 0.650. The first-order chi connectivity index (χ1) is 12.2. The molecule has 0 spiro atoms. The molecular formula is C20H28N2O2S. The van der Waals surface area contributed by atoms with E-state index in [-0.39, 0.29) is 0 Å². The molecule has 3 aliphatic rings. The Hall–Kier alpha value is -1.17. The van der Waals surface area contributed by atoms with Gasteiger partial charge in [0, 0.05) is 43.6 Å². The highest BCUT2D eigenvalue weighted by atomic mass is 32.1. The third kappa shape index (κ3) is 3.83. The second-order valence-electron chi connectivity index (χ2n) is 7.52. The molecule has 1 atom stereocenters. The molecule has 5 heteroatoms. The summed E-state index contributed by atoms with van der Waals surface area (Å²) < 4.78 is 11.5. The molecule has 1 aromatic rings. The second kappa shape index (κ2) is 7.60. The van der Waals surface area contributed by atoms with Crippen molar-refractivity contribution in [3.63, 3.8) is 0 Å². The Morgan fingerprint density at radius 3 is 2.48 bits per heavy atom. The smallest absolute Gasteiger partial charge is 0.119 e. The molecular weight excluding hydrogens is 332 g/mol. The summed E-state index contributed by atoms with van der Waals surface area (Å²) in [6.45, 7) is 6.92. The fourth-order valence-corrected chi connectivity index (χ4v) is 4.54. The van der Waals surface area contributed by atoms with Gasteiger partial charge in [0.15, 0.2) is 0 Å². The third-order valence-corrected chi connectivity index (χ3v) is 6.34. The van der Waals surface area contributed by atoms with Gasteiger partial charge in [0.25, 0.3) is 0 Å². The Labute approximate surface area is 156 Å². The van der Waals surface area contributed by atoms with Crippen LogP contribution in [0.15, 0.2) is 24.3 Å². The standard InChI is InChI=1S/C20H28N2O2S/c1-15-3-2-8-22(15)17-13-19(14-17)24-18-6-4-16(5-7-18)20(25)21-9-11-23-12-10-21/h4-7,15,17,19H,2-3,8-14H2,1H3/t15-,17-,19-/m0/s1. The Balaban J connectivity index is 1.27. The Kier molecular flexibility index (Phi) is 5.25. The highest BCUT2D eigenvalue weighted by Gasteiger charge is 2.38. The van der Waals surface area contributed by atoms with E-state index in [9.17, 15) is 0 Å². The highest BCUT2D eigenvalue weighted by Crippen LogP contribution is 2.34. The molecule has 2 saturated heterocycles. The summed E-state index contributed by atoms with van der Waals surface area (Å²) in [5.74, 6) is 0.964.